The fraction of sp³-hybridized carbons (Fsp3) is 0.600. The van der Waals surface area contributed by atoms with Crippen molar-refractivity contribution in [3.8, 4) is 0 Å². The Bertz CT molecular complexity index is 351. The second-order valence-electron chi connectivity index (χ2n) is 4.26. The molecule has 5 heteroatoms. The van der Waals surface area contributed by atoms with Gasteiger partial charge in [-0.25, -0.2) is 4.98 Å². The fourth-order valence-electron chi connectivity index (χ4n) is 1.18. The molecular formula is C10H18N4O. The first-order valence-electron chi connectivity index (χ1n) is 4.82. The van der Waals surface area contributed by atoms with Gasteiger partial charge in [-0.05, 0) is 20.8 Å². The number of nitrogen functional groups attached to an aromatic ring is 1. The molecule has 1 aromatic heterocycles. The van der Waals surface area contributed by atoms with Gasteiger partial charge in [-0.2, -0.15) is 4.98 Å². The Morgan fingerprint density at radius 3 is 2.67 bits per heavy atom. The predicted molar refractivity (Wildman–Crippen MR) is 60.7 cm³/mol. The van der Waals surface area contributed by atoms with E-state index in [2.05, 4.69) is 9.97 Å². The molecule has 5 nitrogen and oxygen atoms in total. The number of aromatic nitrogens is 2. The first-order valence-corrected chi connectivity index (χ1v) is 4.82. The summed E-state index contributed by atoms with van der Waals surface area (Å²) in [6, 6.07) is 0. The number of anilines is 2. The van der Waals surface area contributed by atoms with Crippen molar-refractivity contribution < 1.29 is 5.11 Å². The lowest BCUT2D eigenvalue weighted by Crippen LogP contribution is -2.45. The highest BCUT2D eigenvalue weighted by Gasteiger charge is 2.25. The van der Waals surface area contributed by atoms with Crippen LogP contribution in [-0.4, -0.2) is 34.3 Å². The normalized spacial score (nSPS) is 11.5. The predicted octanol–water partition coefficient (Wildman–Crippen LogP) is 0.574. The fourth-order valence-corrected chi connectivity index (χ4v) is 1.18. The van der Waals surface area contributed by atoms with Crippen LogP contribution in [0, 0.1) is 6.92 Å². The summed E-state index contributed by atoms with van der Waals surface area (Å²) in [5, 5.41) is 9.27. The molecule has 0 bridgehead atoms. The summed E-state index contributed by atoms with van der Waals surface area (Å²) in [4.78, 5) is 9.98. The summed E-state index contributed by atoms with van der Waals surface area (Å²) in [6.07, 6.45) is 1.68. The van der Waals surface area contributed by atoms with Gasteiger partial charge in [0.25, 0.3) is 0 Å². The molecule has 1 rings (SSSR count). The molecule has 0 radical (unpaired) electrons. The van der Waals surface area contributed by atoms with Gasteiger partial charge in [0.05, 0.1) is 12.1 Å². The standard InChI is InChI=1S/C10H18N4O/c1-7-5-12-9(11)13-8(7)14(4)10(2,3)6-15/h5,15H,6H2,1-4H3,(H2,11,12,13). The number of aliphatic hydroxyl groups excluding tert-OH is 1. The van der Waals surface area contributed by atoms with Gasteiger partial charge >= 0.3 is 0 Å². The average molecular weight is 210 g/mol. The largest absolute Gasteiger partial charge is 0.394 e. The highest BCUT2D eigenvalue weighted by atomic mass is 16.3. The summed E-state index contributed by atoms with van der Waals surface area (Å²) in [6.45, 7) is 5.83. The summed E-state index contributed by atoms with van der Waals surface area (Å²) in [5.74, 6) is 0.998. The van der Waals surface area contributed by atoms with Gasteiger partial charge in [0.2, 0.25) is 5.95 Å². The van der Waals surface area contributed by atoms with Crippen molar-refractivity contribution in [1.29, 1.82) is 0 Å². The molecule has 0 unspecified atom stereocenters. The minimum absolute atomic E-state index is 0.0485. The van der Waals surface area contributed by atoms with Gasteiger partial charge in [0.1, 0.15) is 5.82 Å². The van der Waals surface area contributed by atoms with Crippen LogP contribution in [0.3, 0.4) is 0 Å². The van der Waals surface area contributed by atoms with Gasteiger partial charge in [0, 0.05) is 18.8 Å². The summed E-state index contributed by atoms with van der Waals surface area (Å²) < 4.78 is 0. The zero-order valence-electron chi connectivity index (χ0n) is 9.65. The lowest BCUT2D eigenvalue weighted by molar-refractivity contribution is 0.215. The highest BCUT2D eigenvalue weighted by molar-refractivity contribution is 5.49. The number of nitrogens with two attached hydrogens (primary N) is 1. The molecule has 0 amide bonds. The Balaban J connectivity index is 3.10. The monoisotopic (exact) mass is 210 g/mol. The van der Waals surface area contributed by atoms with Crippen molar-refractivity contribution in [2.75, 3.05) is 24.3 Å². The van der Waals surface area contributed by atoms with E-state index in [9.17, 15) is 5.11 Å². The van der Waals surface area contributed by atoms with Crippen LogP contribution in [0.5, 0.6) is 0 Å². The van der Waals surface area contributed by atoms with E-state index in [1.165, 1.54) is 0 Å². The molecule has 0 spiro atoms. The van der Waals surface area contributed by atoms with E-state index in [0.717, 1.165) is 11.4 Å². The van der Waals surface area contributed by atoms with Gasteiger partial charge in [0.15, 0.2) is 0 Å². The molecule has 0 aromatic carbocycles. The van der Waals surface area contributed by atoms with Crippen LogP contribution in [0.25, 0.3) is 0 Å². The third kappa shape index (κ3) is 2.36. The van der Waals surface area contributed by atoms with E-state index in [1.54, 1.807) is 6.20 Å². The van der Waals surface area contributed by atoms with Crippen LogP contribution < -0.4 is 10.6 Å². The van der Waals surface area contributed by atoms with E-state index < -0.39 is 0 Å². The van der Waals surface area contributed by atoms with Crippen molar-refractivity contribution in [3.63, 3.8) is 0 Å². The molecule has 0 saturated heterocycles. The molecule has 0 aliphatic carbocycles. The van der Waals surface area contributed by atoms with Crippen LogP contribution in [0.1, 0.15) is 19.4 Å². The van der Waals surface area contributed by atoms with E-state index >= 15 is 0 Å². The number of nitrogens with zero attached hydrogens (tertiary/aromatic N) is 3. The van der Waals surface area contributed by atoms with Gasteiger partial charge in [-0.15, -0.1) is 0 Å². The minimum Gasteiger partial charge on any atom is -0.394 e. The van der Waals surface area contributed by atoms with Crippen molar-refractivity contribution in [1.82, 2.24) is 9.97 Å². The molecule has 0 aliphatic rings. The van der Waals surface area contributed by atoms with Crippen LogP contribution in [0.2, 0.25) is 0 Å². The van der Waals surface area contributed by atoms with Crippen molar-refractivity contribution in [2.24, 2.45) is 0 Å². The second kappa shape index (κ2) is 4.02. The summed E-state index contributed by atoms with van der Waals surface area (Å²) >= 11 is 0. The van der Waals surface area contributed by atoms with E-state index in [1.807, 2.05) is 32.7 Å². The zero-order chi connectivity index (χ0) is 11.6. The molecule has 0 atom stereocenters. The third-order valence-electron chi connectivity index (χ3n) is 2.58. The summed E-state index contributed by atoms with van der Waals surface area (Å²) in [7, 11) is 1.88. The molecule has 3 N–H and O–H groups in total. The Labute approximate surface area is 90.0 Å². The number of aliphatic hydroxyl groups is 1. The van der Waals surface area contributed by atoms with Crippen molar-refractivity contribution in [2.45, 2.75) is 26.3 Å². The Hall–Kier alpha value is -1.36. The first-order chi connectivity index (χ1) is 6.88. The molecule has 0 aliphatic heterocycles. The molecule has 0 saturated carbocycles. The number of hydrogen-bond acceptors (Lipinski definition) is 5. The lowest BCUT2D eigenvalue weighted by atomic mass is 10.0. The zero-order valence-corrected chi connectivity index (χ0v) is 9.65. The summed E-state index contributed by atoms with van der Waals surface area (Å²) in [5.41, 5.74) is 6.11. The smallest absolute Gasteiger partial charge is 0.221 e. The number of aryl methyl sites for hydroxylation is 1. The van der Waals surface area contributed by atoms with E-state index in [4.69, 9.17) is 5.73 Å². The van der Waals surface area contributed by atoms with Crippen molar-refractivity contribution >= 4 is 11.8 Å². The highest BCUT2D eigenvalue weighted by Crippen LogP contribution is 2.23. The lowest BCUT2D eigenvalue weighted by Gasteiger charge is -2.35. The average Bonchev–Trinajstić information content (AvgIpc) is 2.20. The van der Waals surface area contributed by atoms with Crippen molar-refractivity contribution in [3.05, 3.63) is 11.8 Å². The number of rotatable bonds is 3. The number of likely N-dealkylation sites (N-methyl/N-ethyl adjacent to an activating group) is 1. The van der Waals surface area contributed by atoms with Gasteiger partial charge in [-0.1, -0.05) is 0 Å². The second-order valence-corrected chi connectivity index (χ2v) is 4.26. The first kappa shape index (κ1) is 11.7. The third-order valence-corrected chi connectivity index (χ3v) is 2.58. The van der Waals surface area contributed by atoms with Gasteiger partial charge < -0.3 is 15.7 Å². The maximum absolute atomic E-state index is 9.27. The Morgan fingerprint density at radius 1 is 1.53 bits per heavy atom. The molecule has 0 fully saturated rings. The molecule has 84 valence electrons. The number of hydrogen-bond donors (Lipinski definition) is 2. The van der Waals surface area contributed by atoms with Crippen LogP contribution in [0.4, 0.5) is 11.8 Å². The molecular weight excluding hydrogens is 192 g/mol. The minimum atomic E-state index is -0.369. The Kier molecular flexibility index (Phi) is 3.14. The Morgan fingerprint density at radius 2 is 2.13 bits per heavy atom. The van der Waals surface area contributed by atoms with Crippen LogP contribution in [0.15, 0.2) is 6.20 Å². The maximum atomic E-state index is 9.27. The van der Waals surface area contributed by atoms with Crippen LogP contribution >= 0.6 is 0 Å². The van der Waals surface area contributed by atoms with Gasteiger partial charge in [-0.3, -0.25) is 0 Å². The SMILES string of the molecule is Cc1cnc(N)nc1N(C)C(C)(C)CO. The molecule has 1 heterocycles. The van der Waals surface area contributed by atoms with E-state index in [-0.39, 0.29) is 18.1 Å². The van der Waals surface area contributed by atoms with Crippen LogP contribution in [-0.2, 0) is 0 Å². The molecule has 15 heavy (non-hydrogen) atoms. The van der Waals surface area contributed by atoms with E-state index in [0.29, 0.717) is 0 Å². The topological polar surface area (TPSA) is 75.3 Å². The maximum Gasteiger partial charge on any atom is 0.221 e. The quantitative estimate of drug-likeness (QED) is 0.763. The molecule has 1 aromatic rings.